The van der Waals surface area contributed by atoms with Gasteiger partial charge in [-0.3, -0.25) is 4.79 Å². The smallest absolute Gasteiger partial charge is 0.261 e. The van der Waals surface area contributed by atoms with Crippen molar-refractivity contribution in [2.45, 2.75) is 47.2 Å². The standard InChI is InChI=1S/C23H27N3O3/c1-15(2)26(22(27)14-28-20-10-9-17(4)18(5)12-20)13-21-24-23(25-29-21)19-8-6-7-16(3)11-19/h6-12,15H,13-14H2,1-5H3. The highest BCUT2D eigenvalue weighted by Gasteiger charge is 2.21. The lowest BCUT2D eigenvalue weighted by atomic mass is 10.1. The summed E-state index contributed by atoms with van der Waals surface area (Å²) in [6, 6.07) is 13.7. The zero-order valence-electron chi connectivity index (χ0n) is 17.6. The van der Waals surface area contributed by atoms with E-state index in [1.165, 1.54) is 5.56 Å². The molecule has 0 fully saturated rings. The number of rotatable bonds is 7. The highest BCUT2D eigenvalue weighted by atomic mass is 16.5. The maximum absolute atomic E-state index is 12.7. The molecule has 0 aliphatic rings. The Morgan fingerprint density at radius 2 is 1.90 bits per heavy atom. The number of carbonyl (C=O) groups is 1. The Labute approximate surface area is 171 Å². The van der Waals surface area contributed by atoms with Crippen LogP contribution in [0, 0.1) is 20.8 Å². The second-order valence-electron chi connectivity index (χ2n) is 7.53. The molecule has 0 bridgehead atoms. The molecule has 6 nitrogen and oxygen atoms in total. The maximum atomic E-state index is 12.7. The van der Waals surface area contributed by atoms with Crippen molar-refractivity contribution in [3.8, 4) is 17.1 Å². The molecule has 2 aromatic carbocycles. The van der Waals surface area contributed by atoms with Crippen LogP contribution in [0.2, 0.25) is 0 Å². The van der Waals surface area contributed by atoms with Crippen LogP contribution in [0.4, 0.5) is 0 Å². The summed E-state index contributed by atoms with van der Waals surface area (Å²) in [4.78, 5) is 18.9. The first kappa shape index (κ1) is 20.6. The van der Waals surface area contributed by atoms with Gasteiger partial charge in [0.25, 0.3) is 5.91 Å². The molecule has 0 unspecified atom stereocenters. The molecular weight excluding hydrogens is 366 g/mol. The fourth-order valence-electron chi connectivity index (χ4n) is 2.96. The third-order valence-corrected chi connectivity index (χ3v) is 4.83. The third-order valence-electron chi connectivity index (χ3n) is 4.83. The normalized spacial score (nSPS) is 11.0. The van der Waals surface area contributed by atoms with Crippen LogP contribution in [0.5, 0.6) is 5.75 Å². The number of ether oxygens (including phenoxy) is 1. The fourth-order valence-corrected chi connectivity index (χ4v) is 2.96. The van der Waals surface area contributed by atoms with Gasteiger partial charge >= 0.3 is 0 Å². The van der Waals surface area contributed by atoms with Gasteiger partial charge in [0.15, 0.2) is 6.61 Å². The summed E-state index contributed by atoms with van der Waals surface area (Å²) in [7, 11) is 0. The summed E-state index contributed by atoms with van der Waals surface area (Å²) < 4.78 is 11.1. The van der Waals surface area contributed by atoms with Gasteiger partial charge < -0.3 is 14.2 Å². The highest BCUT2D eigenvalue weighted by Crippen LogP contribution is 2.19. The summed E-state index contributed by atoms with van der Waals surface area (Å²) in [5.41, 5.74) is 4.33. The van der Waals surface area contributed by atoms with Gasteiger partial charge in [-0.25, -0.2) is 0 Å². The lowest BCUT2D eigenvalue weighted by Crippen LogP contribution is -2.39. The van der Waals surface area contributed by atoms with E-state index in [1.54, 1.807) is 4.90 Å². The van der Waals surface area contributed by atoms with E-state index in [1.807, 2.05) is 77.1 Å². The Hall–Kier alpha value is -3.15. The zero-order chi connectivity index (χ0) is 21.0. The molecule has 1 aromatic heterocycles. The highest BCUT2D eigenvalue weighted by molar-refractivity contribution is 5.78. The second kappa shape index (κ2) is 8.90. The molecule has 29 heavy (non-hydrogen) atoms. The molecule has 6 heteroatoms. The predicted octanol–water partition coefficient (Wildman–Crippen LogP) is 4.48. The number of hydrogen-bond acceptors (Lipinski definition) is 5. The zero-order valence-corrected chi connectivity index (χ0v) is 17.6. The molecule has 0 saturated heterocycles. The number of benzene rings is 2. The molecule has 3 rings (SSSR count). The van der Waals surface area contributed by atoms with Crippen molar-refractivity contribution in [1.82, 2.24) is 15.0 Å². The SMILES string of the molecule is Cc1cccc(-c2noc(CN(C(=O)COc3ccc(C)c(C)c3)C(C)C)n2)c1. The van der Waals surface area contributed by atoms with E-state index in [9.17, 15) is 4.79 Å². The van der Waals surface area contributed by atoms with Gasteiger partial charge in [-0.15, -0.1) is 0 Å². The van der Waals surface area contributed by atoms with Gasteiger partial charge in [-0.05, 0) is 63.9 Å². The molecule has 0 aliphatic heterocycles. The van der Waals surface area contributed by atoms with Gasteiger partial charge in [0.2, 0.25) is 11.7 Å². The van der Waals surface area contributed by atoms with Crippen LogP contribution in [-0.4, -0.2) is 33.6 Å². The minimum Gasteiger partial charge on any atom is -0.484 e. The topological polar surface area (TPSA) is 68.5 Å². The summed E-state index contributed by atoms with van der Waals surface area (Å²) in [6.45, 7) is 10.2. The van der Waals surface area contributed by atoms with Crippen molar-refractivity contribution in [3.63, 3.8) is 0 Å². The molecule has 1 heterocycles. The van der Waals surface area contributed by atoms with Crippen molar-refractivity contribution in [2.24, 2.45) is 0 Å². The van der Waals surface area contributed by atoms with E-state index in [2.05, 4.69) is 10.1 Å². The fraction of sp³-hybridized carbons (Fsp3) is 0.348. The minimum absolute atomic E-state index is 0.0276. The first-order chi connectivity index (χ1) is 13.8. The van der Waals surface area contributed by atoms with Crippen molar-refractivity contribution in [3.05, 3.63) is 65.0 Å². The average molecular weight is 393 g/mol. The number of aryl methyl sites for hydroxylation is 3. The Kier molecular flexibility index (Phi) is 6.32. The molecule has 0 spiro atoms. The molecule has 0 N–H and O–H groups in total. The van der Waals surface area contributed by atoms with Gasteiger partial charge in [-0.1, -0.05) is 35.0 Å². The van der Waals surface area contributed by atoms with Crippen molar-refractivity contribution < 1.29 is 14.1 Å². The van der Waals surface area contributed by atoms with Crippen LogP contribution >= 0.6 is 0 Å². The second-order valence-corrected chi connectivity index (χ2v) is 7.53. The monoisotopic (exact) mass is 393 g/mol. The van der Waals surface area contributed by atoms with E-state index < -0.39 is 0 Å². The van der Waals surface area contributed by atoms with Crippen LogP contribution in [0.3, 0.4) is 0 Å². The van der Waals surface area contributed by atoms with Gasteiger partial charge in [0.1, 0.15) is 12.3 Å². The molecule has 0 atom stereocenters. The van der Waals surface area contributed by atoms with E-state index >= 15 is 0 Å². The maximum Gasteiger partial charge on any atom is 0.261 e. The van der Waals surface area contributed by atoms with E-state index in [0.717, 1.165) is 16.7 Å². The molecule has 1 amide bonds. The van der Waals surface area contributed by atoms with Gasteiger partial charge in [0, 0.05) is 11.6 Å². The molecule has 0 saturated carbocycles. The molecule has 3 aromatic rings. The summed E-state index contributed by atoms with van der Waals surface area (Å²) in [6.07, 6.45) is 0. The quantitative estimate of drug-likeness (QED) is 0.592. The van der Waals surface area contributed by atoms with Crippen molar-refractivity contribution in [2.75, 3.05) is 6.61 Å². The van der Waals surface area contributed by atoms with E-state index in [4.69, 9.17) is 9.26 Å². The number of nitrogens with zero attached hydrogens (tertiary/aromatic N) is 3. The number of aromatic nitrogens is 2. The van der Waals surface area contributed by atoms with Crippen LogP contribution in [-0.2, 0) is 11.3 Å². The molecule has 0 aliphatic carbocycles. The Morgan fingerprint density at radius 1 is 1.10 bits per heavy atom. The Bertz CT molecular complexity index is 995. The van der Waals surface area contributed by atoms with Crippen molar-refractivity contribution >= 4 is 5.91 Å². The molecular formula is C23H27N3O3. The van der Waals surface area contributed by atoms with Gasteiger partial charge in [-0.2, -0.15) is 4.98 Å². The largest absolute Gasteiger partial charge is 0.484 e. The van der Waals surface area contributed by atoms with Crippen LogP contribution in [0.15, 0.2) is 47.0 Å². The first-order valence-electron chi connectivity index (χ1n) is 9.72. The minimum atomic E-state index is -0.131. The summed E-state index contributed by atoms with van der Waals surface area (Å²) >= 11 is 0. The van der Waals surface area contributed by atoms with E-state index in [-0.39, 0.29) is 25.1 Å². The first-order valence-corrected chi connectivity index (χ1v) is 9.72. The lowest BCUT2D eigenvalue weighted by molar-refractivity contribution is -0.136. The number of hydrogen-bond donors (Lipinski definition) is 0. The Balaban J connectivity index is 1.66. The number of amides is 1. The molecule has 152 valence electrons. The Morgan fingerprint density at radius 3 is 2.59 bits per heavy atom. The van der Waals surface area contributed by atoms with Crippen LogP contribution in [0.1, 0.15) is 36.4 Å². The number of carbonyl (C=O) groups excluding carboxylic acids is 1. The summed E-state index contributed by atoms with van der Waals surface area (Å²) in [5, 5.41) is 4.06. The van der Waals surface area contributed by atoms with Crippen molar-refractivity contribution in [1.29, 1.82) is 0 Å². The van der Waals surface area contributed by atoms with E-state index in [0.29, 0.717) is 17.5 Å². The lowest BCUT2D eigenvalue weighted by Gasteiger charge is -2.25. The molecule has 0 radical (unpaired) electrons. The van der Waals surface area contributed by atoms with Gasteiger partial charge in [0.05, 0.1) is 0 Å². The average Bonchev–Trinajstić information content (AvgIpc) is 3.15. The predicted molar refractivity (Wildman–Crippen MR) is 112 cm³/mol. The summed E-state index contributed by atoms with van der Waals surface area (Å²) in [5.74, 6) is 1.47. The van der Waals surface area contributed by atoms with Crippen LogP contribution < -0.4 is 4.74 Å². The van der Waals surface area contributed by atoms with Crippen LogP contribution in [0.25, 0.3) is 11.4 Å². The third kappa shape index (κ3) is 5.22.